The molecule has 1 aliphatic rings. The Bertz CT molecular complexity index is 645. The minimum atomic E-state index is -3.48. The van der Waals surface area contributed by atoms with E-state index >= 15 is 0 Å². The first-order chi connectivity index (χ1) is 10.8. The van der Waals surface area contributed by atoms with E-state index < -0.39 is 10.2 Å². The van der Waals surface area contributed by atoms with E-state index in [2.05, 4.69) is 0 Å². The average molecular weight is 342 g/mol. The van der Waals surface area contributed by atoms with Crippen molar-refractivity contribution in [2.24, 2.45) is 0 Å². The Labute approximate surface area is 139 Å². The standard InChI is InChI=1S/C16H26N2O4S/c1-12(2)17(3)23(19,20)18-10-6-7-14(18)13-8-9-15(21-4)16(11-13)22-5/h8-9,11-12,14H,6-7,10H2,1-5H3/t14-/m1/s1. The van der Waals surface area contributed by atoms with Crippen LogP contribution in [0.4, 0.5) is 0 Å². The van der Waals surface area contributed by atoms with Gasteiger partial charge >= 0.3 is 0 Å². The van der Waals surface area contributed by atoms with E-state index in [1.165, 1.54) is 4.31 Å². The van der Waals surface area contributed by atoms with Crippen LogP contribution in [0.3, 0.4) is 0 Å². The van der Waals surface area contributed by atoms with Crippen LogP contribution in [0.15, 0.2) is 18.2 Å². The predicted molar refractivity (Wildman–Crippen MR) is 90.0 cm³/mol. The van der Waals surface area contributed by atoms with Crippen LogP contribution >= 0.6 is 0 Å². The third kappa shape index (κ3) is 3.46. The first kappa shape index (κ1) is 18.0. The first-order valence-corrected chi connectivity index (χ1v) is 9.19. The minimum absolute atomic E-state index is 0.0772. The minimum Gasteiger partial charge on any atom is -0.493 e. The zero-order chi connectivity index (χ0) is 17.2. The van der Waals surface area contributed by atoms with Crippen molar-refractivity contribution in [2.45, 2.75) is 38.8 Å². The van der Waals surface area contributed by atoms with Gasteiger partial charge in [0.1, 0.15) is 0 Å². The highest BCUT2D eigenvalue weighted by Crippen LogP contribution is 2.38. The molecule has 1 fully saturated rings. The van der Waals surface area contributed by atoms with Crippen LogP contribution in [0.1, 0.15) is 38.3 Å². The molecule has 23 heavy (non-hydrogen) atoms. The van der Waals surface area contributed by atoms with Gasteiger partial charge in [-0.05, 0) is 44.4 Å². The lowest BCUT2D eigenvalue weighted by Gasteiger charge is -2.31. The second-order valence-corrected chi connectivity index (χ2v) is 7.94. The van der Waals surface area contributed by atoms with Gasteiger partial charge in [0.25, 0.3) is 10.2 Å². The molecule has 1 aliphatic heterocycles. The first-order valence-electron chi connectivity index (χ1n) is 7.79. The SMILES string of the molecule is COc1ccc([C@H]2CCCN2S(=O)(=O)N(C)C(C)C)cc1OC. The van der Waals surface area contributed by atoms with Gasteiger partial charge in [-0.1, -0.05) is 6.07 Å². The molecule has 1 heterocycles. The van der Waals surface area contributed by atoms with Crippen LogP contribution in [0, 0.1) is 0 Å². The van der Waals surface area contributed by atoms with Crippen LogP contribution < -0.4 is 9.47 Å². The summed E-state index contributed by atoms with van der Waals surface area (Å²) in [6.45, 7) is 4.29. The average Bonchev–Trinajstić information content (AvgIpc) is 3.03. The van der Waals surface area contributed by atoms with E-state index in [1.807, 2.05) is 32.0 Å². The highest BCUT2D eigenvalue weighted by atomic mass is 32.2. The van der Waals surface area contributed by atoms with Crippen molar-refractivity contribution in [2.75, 3.05) is 27.8 Å². The van der Waals surface area contributed by atoms with Crippen LogP contribution in [-0.2, 0) is 10.2 Å². The van der Waals surface area contributed by atoms with E-state index in [1.54, 1.807) is 25.6 Å². The molecule has 1 saturated heterocycles. The summed E-state index contributed by atoms with van der Waals surface area (Å²) < 4.78 is 39.3. The predicted octanol–water partition coefficient (Wildman–Crippen LogP) is 2.43. The molecule has 1 aromatic carbocycles. The molecular weight excluding hydrogens is 316 g/mol. The Hall–Kier alpha value is -1.31. The van der Waals surface area contributed by atoms with Gasteiger partial charge in [-0.2, -0.15) is 17.0 Å². The Kier molecular flexibility index (Phi) is 5.54. The van der Waals surface area contributed by atoms with Crippen LogP contribution in [0.2, 0.25) is 0 Å². The maximum atomic E-state index is 12.8. The molecule has 2 rings (SSSR count). The van der Waals surface area contributed by atoms with Gasteiger partial charge in [0, 0.05) is 19.6 Å². The number of hydrogen-bond acceptors (Lipinski definition) is 4. The fraction of sp³-hybridized carbons (Fsp3) is 0.625. The van der Waals surface area contributed by atoms with E-state index in [0.29, 0.717) is 18.0 Å². The number of rotatable bonds is 6. The summed E-state index contributed by atoms with van der Waals surface area (Å²) in [5, 5.41) is 0. The molecule has 0 N–H and O–H groups in total. The number of hydrogen-bond donors (Lipinski definition) is 0. The Morgan fingerprint density at radius 3 is 2.43 bits per heavy atom. The largest absolute Gasteiger partial charge is 0.493 e. The third-order valence-electron chi connectivity index (χ3n) is 4.38. The number of ether oxygens (including phenoxy) is 2. The summed E-state index contributed by atoms with van der Waals surface area (Å²) >= 11 is 0. The molecule has 0 saturated carbocycles. The second kappa shape index (κ2) is 7.07. The van der Waals surface area contributed by atoms with E-state index in [9.17, 15) is 8.42 Å². The van der Waals surface area contributed by atoms with Crippen molar-refractivity contribution >= 4 is 10.2 Å². The maximum Gasteiger partial charge on any atom is 0.282 e. The molecule has 0 aromatic heterocycles. The van der Waals surface area contributed by atoms with Gasteiger partial charge in [0.2, 0.25) is 0 Å². The second-order valence-electron chi connectivity index (χ2n) is 6.00. The summed E-state index contributed by atoms with van der Waals surface area (Å²) in [4.78, 5) is 0. The molecule has 1 atom stereocenters. The van der Waals surface area contributed by atoms with Crippen molar-refractivity contribution in [3.63, 3.8) is 0 Å². The van der Waals surface area contributed by atoms with Crippen molar-refractivity contribution in [1.29, 1.82) is 0 Å². The van der Waals surface area contributed by atoms with E-state index in [0.717, 1.165) is 18.4 Å². The summed E-state index contributed by atoms with van der Waals surface area (Å²) in [7, 11) is 1.32. The molecule has 6 nitrogen and oxygen atoms in total. The van der Waals surface area contributed by atoms with Crippen molar-refractivity contribution in [3.05, 3.63) is 23.8 Å². The smallest absolute Gasteiger partial charge is 0.282 e. The zero-order valence-corrected chi connectivity index (χ0v) is 15.3. The monoisotopic (exact) mass is 342 g/mol. The van der Waals surface area contributed by atoms with Gasteiger partial charge in [0.15, 0.2) is 11.5 Å². The van der Waals surface area contributed by atoms with E-state index in [4.69, 9.17) is 9.47 Å². The molecule has 7 heteroatoms. The summed E-state index contributed by atoms with van der Waals surface area (Å²) in [5.41, 5.74) is 0.931. The molecule has 0 radical (unpaired) electrons. The van der Waals surface area contributed by atoms with Crippen molar-refractivity contribution < 1.29 is 17.9 Å². The van der Waals surface area contributed by atoms with E-state index in [-0.39, 0.29) is 12.1 Å². The summed E-state index contributed by atoms with van der Waals surface area (Å²) in [5.74, 6) is 1.26. The van der Waals surface area contributed by atoms with Crippen LogP contribution in [0.5, 0.6) is 11.5 Å². The van der Waals surface area contributed by atoms with Crippen molar-refractivity contribution in [1.82, 2.24) is 8.61 Å². The van der Waals surface area contributed by atoms with Gasteiger partial charge in [-0.15, -0.1) is 0 Å². The lowest BCUT2D eigenvalue weighted by atomic mass is 10.0. The molecule has 0 unspecified atom stereocenters. The number of methoxy groups -OCH3 is 2. The van der Waals surface area contributed by atoms with Gasteiger partial charge < -0.3 is 9.47 Å². The molecular formula is C16H26N2O4S. The lowest BCUT2D eigenvalue weighted by molar-refractivity contribution is 0.323. The van der Waals surface area contributed by atoms with Gasteiger partial charge in [-0.25, -0.2) is 0 Å². The third-order valence-corrected chi connectivity index (χ3v) is 6.56. The Morgan fingerprint density at radius 1 is 1.22 bits per heavy atom. The molecule has 0 spiro atoms. The normalized spacial score (nSPS) is 19.5. The summed E-state index contributed by atoms with van der Waals surface area (Å²) in [6.07, 6.45) is 1.66. The Balaban J connectivity index is 2.36. The van der Waals surface area contributed by atoms with Gasteiger partial charge in [0.05, 0.1) is 20.3 Å². The highest BCUT2D eigenvalue weighted by Gasteiger charge is 2.38. The lowest BCUT2D eigenvalue weighted by Crippen LogP contribution is -2.44. The summed E-state index contributed by atoms with van der Waals surface area (Å²) in [6, 6.07) is 5.36. The molecule has 1 aromatic rings. The Morgan fingerprint density at radius 2 is 1.87 bits per heavy atom. The fourth-order valence-corrected chi connectivity index (χ4v) is 4.61. The zero-order valence-electron chi connectivity index (χ0n) is 14.4. The molecule has 0 amide bonds. The number of nitrogens with zero attached hydrogens (tertiary/aromatic N) is 2. The number of benzene rings is 1. The maximum absolute atomic E-state index is 12.8. The molecule has 0 aliphatic carbocycles. The fourth-order valence-electron chi connectivity index (χ4n) is 2.84. The quantitative estimate of drug-likeness (QED) is 0.797. The van der Waals surface area contributed by atoms with Crippen molar-refractivity contribution in [3.8, 4) is 11.5 Å². The molecule has 130 valence electrons. The molecule has 0 bridgehead atoms. The van der Waals surface area contributed by atoms with Crippen LogP contribution in [-0.4, -0.2) is 50.9 Å². The highest BCUT2D eigenvalue weighted by molar-refractivity contribution is 7.86. The van der Waals surface area contributed by atoms with Gasteiger partial charge in [-0.3, -0.25) is 0 Å². The van der Waals surface area contributed by atoms with Crippen LogP contribution in [0.25, 0.3) is 0 Å². The topological polar surface area (TPSA) is 59.1 Å².